The molecule has 0 aromatic rings. The zero-order valence-electron chi connectivity index (χ0n) is 7.87. The molecule has 0 saturated heterocycles. The number of amides is 1. The Balaban J connectivity index is 3.73. The van der Waals surface area contributed by atoms with Gasteiger partial charge in [-0.05, 0) is 13.8 Å². The molecule has 0 aliphatic carbocycles. The molecule has 13 heavy (non-hydrogen) atoms. The first-order valence-electron chi connectivity index (χ1n) is 4.09. The molecule has 6 nitrogen and oxygen atoms in total. The number of carbonyl (C=O) groups is 1. The highest BCUT2D eigenvalue weighted by molar-refractivity contribution is 5.84. The number of nitrogens with one attached hydrogen (secondary N) is 2. The van der Waals surface area contributed by atoms with Crippen LogP contribution < -0.4 is 16.4 Å². The van der Waals surface area contributed by atoms with E-state index in [0.717, 1.165) is 0 Å². The van der Waals surface area contributed by atoms with Crippen LogP contribution in [0.3, 0.4) is 0 Å². The molecule has 0 rings (SSSR count). The van der Waals surface area contributed by atoms with Crippen molar-refractivity contribution in [3.63, 3.8) is 0 Å². The summed E-state index contributed by atoms with van der Waals surface area (Å²) < 4.78 is 0. The molecule has 0 heterocycles. The summed E-state index contributed by atoms with van der Waals surface area (Å²) in [6.45, 7) is 4.33. The standard InChI is InChI=1S/C7H16N4O2/c1-3-9-7(12)5(2)10-4-6(8)11-13/h5,10,13H,3-4H2,1-2H3,(H2,8,11)(H,9,12). The lowest BCUT2D eigenvalue weighted by molar-refractivity contribution is -0.122. The van der Waals surface area contributed by atoms with Crippen molar-refractivity contribution in [1.29, 1.82) is 0 Å². The molecule has 6 heteroatoms. The quantitative estimate of drug-likeness (QED) is 0.189. The van der Waals surface area contributed by atoms with E-state index in [1.165, 1.54) is 0 Å². The SMILES string of the molecule is CCNC(=O)C(C)NCC(N)=NO. The average molecular weight is 188 g/mol. The van der Waals surface area contributed by atoms with E-state index in [1.807, 2.05) is 6.92 Å². The third-order valence-electron chi connectivity index (χ3n) is 1.46. The van der Waals surface area contributed by atoms with E-state index in [-0.39, 0.29) is 24.3 Å². The largest absolute Gasteiger partial charge is 0.409 e. The Labute approximate surface area is 77.2 Å². The molecular weight excluding hydrogens is 172 g/mol. The highest BCUT2D eigenvalue weighted by Crippen LogP contribution is 1.80. The number of rotatable bonds is 5. The number of hydrogen-bond donors (Lipinski definition) is 4. The van der Waals surface area contributed by atoms with E-state index in [1.54, 1.807) is 6.92 Å². The molecule has 0 aromatic heterocycles. The van der Waals surface area contributed by atoms with E-state index in [0.29, 0.717) is 6.54 Å². The van der Waals surface area contributed by atoms with Gasteiger partial charge in [-0.15, -0.1) is 0 Å². The van der Waals surface area contributed by atoms with E-state index < -0.39 is 0 Å². The highest BCUT2D eigenvalue weighted by atomic mass is 16.4. The Bertz CT molecular complexity index is 193. The average Bonchev–Trinajstić information content (AvgIpc) is 2.13. The van der Waals surface area contributed by atoms with Crippen molar-refractivity contribution >= 4 is 11.7 Å². The van der Waals surface area contributed by atoms with Gasteiger partial charge in [0.25, 0.3) is 0 Å². The maximum Gasteiger partial charge on any atom is 0.236 e. The van der Waals surface area contributed by atoms with Gasteiger partial charge in [-0.25, -0.2) is 0 Å². The van der Waals surface area contributed by atoms with Crippen LogP contribution in [0.2, 0.25) is 0 Å². The summed E-state index contributed by atoms with van der Waals surface area (Å²) in [5.74, 6) is -0.0515. The van der Waals surface area contributed by atoms with Crippen molar-refractivity contribution < 1.29 is 10.0 Å². The molecule has 0 bridgehead atoms. The molecule has 0 saturated carbocycles. The van der Waals surface area contributed by atoms with Crippen LogP contribution in [0.15, 0.2) is 5.16 Å². The number of likely N-dealkylation sites (N-methyl/N-ethyl adjacent to an activating group) is 1. The molecule has 0 aromatic carbocycles. The Morgan fingerprint density at radius 2 is 2.31 bits per heavy atom. The van der Waals surface area contributed by atoms with Crippen LogP contribution in [0.25, 0.3) is 0 Å². The second-order valence-electron chi connectivity index (χ2n) is 2.59. The normalized spacial score (nSPS) is 13.8. The number of amidine groups is 1. The maximum absolute atomic E-state index is 11.1. The summed E-state index contributed by atoms with van der Waals surface area (Å²) in [5, 5.41) is 16.4. The summed E-state index contributed by atoms with van der Waals surface area (Å²) in [7, 11) is 0. The van der Waals surface area contributed by atoms with Crippen LogP contribution in [0.5, 0.6) is 0 Å². The van der Waals surface area contributed by atoms with Gasteiger partial charge in [-0.2, -0.15) is 0 Å². The first-order chi connectivity index (χ1) is 6.11. The van der Waals surface area contributed by atoms with Crippen LogP contribution >= 0.6 is 0 Å². The van der Waals surface area contributed by atoms with Crippen molar-refractivity contribution in [1.82, 2.24) is 10.6 Å². The van der Waals surface area contributed by atoms with E-state index in [2.05, 4.69) is 15.8 Å². The molecule has 5 N–H and O–H groups in total. The van der Waals surface area contributed by atoms with Gasteiger partial charge >= 0.3 is 0 Å². The minimum atomic E-state index is -0.347. The predicted molar refractivity (Wildman–Crippen MR) is 49.6 cm³/mol. The Morgan fingerprint density at radius 1 is 1.69 bits per heavy atom. The Hall–Kier alpha value is -1.30. The number of nitrogens with two attached hydrogens (primary N) is 1. The number of carbonyl (C=O) groups excluding carboxylic acids is 1. The van der Waals surface area contributed by atoms with Crippen LogP contribution in [0, 0.1) is 0 Å². The van der Waals surface area contributed by atoms with Crippen LogP contribution in [0.4, 0.5) is 0 Å². The molecule has 0 radical (unpaired) electrons. The van der Waals surface area contributed by atoms with Gasteiger partial charge in [-0.1, -0.05) is 5.16 Å². The summed E-state index contributed by atoms with van der Waals surface area (Å²) in [6.07, 6.45) is 0. The van der Waals surface area contributed by atoms with Crippen molar-refractivity contribution in [3.05, 3.63) is 0 Å². The fraction of sp³-hybridized carbons (Fsp3) is 0.714. The second kappa shape index (κ2) is 6.24. The summed E-state index contributed by atoms with van der Waals surface area (Å²) in [5.41, 5.74) is 5.20. The molecular formula is C7H16N4O2. The van der Waals surface area contributed by atoms with Gasteiger partial charge in [-0.3, -0.25) is 10.1 Å². The lowest BCUT2D eigenvalue weighted by Gasteiger charge is -2.11. The van der Waals surface area contributed by atoms with Crippen molar-refractivity contribution in [2.24, 2.45) is 10.9 Å². The van der Waals surface area contributed by atoms with Gasteiger partial charge in [0.2, 0.25) is 5.91 Å². The highest BCUT2D eigenvalue weighted by Gasteiger charge is 2.10. The van der Waals surface area contributed by atoms with E-state index in [9.17, 15) is 4.79 Å². The fourth-order valence-electron chi connectivity index (χ4n) is 0.713. The summed E-state index contributed by atoms with van der Waals surface area (Å²) in [6, 6.07) is -0.347. The summed E-state index contributed by atoms with van der Waals surface area (Å²) in [4.78, 5) is 11.1. The van der Waals surface area contributed by atoms with Crippen molar-refractivity contribution in [2.75, 3.05) is 13.1 Å². The third kappa shape index (κ3) is 5.02. The maximum atomic E-state index is 11.1. The fourth-order valence-corrected chi connectivity index (χ4v) is 0.713. The molecule has 0 spiro atoms. The zero-order chi connectivity index (χ0) is 10.3. The monoisotopic (exact) mass is 188 g/mol. The van der Waals surface area contributed by atoms with Crippen molar-refractivity contribution in [3.8, 4) is 0 Å². The zero-order valence-corrected chi connectivity index (χ0v) is 7.87. The van der Waals surface area contributed by atoms with Crippen LogP contribution in [-0.4, -0.2) is 36.1 Å². The second-order valence-corrected chi connectivity index (χ2v) is 2.59. The molecule has 1 amide bonds. The molecule has 1 unspecified atom stereocenters. The summed E-state index contributed by atoms with van der Waals surface area (Å²) >= 11 is 0. The topological polar surface area (TPSA) is 99.7 Å². The third-order valence-corrected chi connectivity index (χ3v) is 1.46. The van der Waals surface area contributed by atoms with Crippen LogP contribution in [-0.2, 0) is 4.79 Å². The van der Waals surface area contributed by atoms with Crippen molar-refractivity contribution in [2.45, 2.75) is 19.9 Å². The van der Waals surface area contributed by atoms with Gasteiger partial charge in [0.05, 0.1) is 12.6 Å². The molecule has 0 aliphatic rings. The van der Waals surface area contributed by atoms with Gasteiger partial charge in [0.1, 0.15) is 0 Å². The minimum absolute atomic E-state index is 0.0520. The Morgan fingerprint density at radius 3 is 2.77 bits per heavy atom. The lowest BCUT2D eigenvalue weighted by atomic mass is 10.3. The predicted octanol–water partition coefficient (Wildman–Crippen LogP) is -1.15. The number of nitrogens with zero attached hydrogens (tertiary/aromatic N) is 1. The number of oxime groups is 1. The molecule has 1 atom stereocenters. The first kappa shape index (κ1) is 11.7. The van der Waals surface area contributed by atoms with Crippen LogP contribution in [0.1, 0.15) is 13.8 Å². The first-order valence-corrected chi connectivity index (χ1v) is 4.09. The van der Waals surface area contributed by atoms with Gasteiger partial charge in [0, 0.05) is 6.54 Å². The number of hydrogen-bond acceptors (Lipinski definition) is 4. The lowest BCUT2D eigenvalue weighted by Crippen LogP contribution is -2.45. The van der Waals surface area contributed by atoms with E-state index >= 15 is 0 Å². The van der Waals surface area contributed by atoms with Gasteiger partial charge in [0.15, 0.2) is 5.84 Å². The minimum Gasteiger partial charge on any atom is -0.409 e. The van der Waals surface area contributed by atoms with Gasteiger partial charge < -0.3 is 16.3 Å². The van der Waals surface area contributed by atoms with E-state index in [4.69, 9.17) is 10.9 Å². The Kier molecular flexibility index (Phi) is 5.62. The molecule has 0 aliphatic heterocycles. The molecule has 0 fully saturated rings. The smallest absolute Gasteiger partial charge is 0.236 e. The molecule has 76 valence electrons.